The maximum Gasteiger partial charge on any atom is 0.243 e. The van der Waals surface area contributed by atoms with Crippen molar-refractivity contribution >= 4 is 49.8 Å². The first-order chi connectivity index (χ1) is 17.0. The minimum Gasteiger partial charge on any atom is -0.352 e. The molecule has 1 saturated heterocycles. The predicted octanol–water partition coefficient (Wildman–Crippen LogP) is 4.00. The van der Waals surface area contributed by atoms with Gasteiger partial charge in [0.15, 0.2) is 5.65 Å². The Labute approximate surface area is 209 Å². The Balaban J connectivity index is 1.37. The summed E-state index contributed by atoms with van der Waals surface area (Å²) < 4.78 is 27.8. The Kier molecular flexibility index (Phi) is 7.26. The van der Waals surface area contributed by atoms with Crippen LogP contribution in [0, 0.1) is 0 Å². The van der Waals surface area contributed by atoms with Crippen molar-refractivity contribution in [3.8, 4) is 0 Å². The van der Waals surface area contributed by atoms with Crippen LogP contribution in [0.4, 0.5) is 0 Å². The van der Waals surface area contributed by atoms with Crippen LogP contribution in [-0.4, -0.2) is 63.2 Å². The van der Waals surface area contributed by atoms with Crippen LogP contribution in [0.5, 0.6) is 0 Å². The second kappa shape index (κ2) is 10.4. The molecule has 1 atom stereocenters. The van der Waals surface area contributed by atoms with E-state index >= 15 is 0 Å². The van der Waals surface area contributed by atoms with Crippen molar-refractivity contribution in [2.24, 2.45) is 0 Å². The number of aromatic nitrogens is 4. The Bertz CT molecular complexity index is 1310. The van der Waals surface area contributed by atoms with Gasteiger partial charge in [0.2, 0.25) is 21.1 Å². The number of nitrogens with one attached hydrogen (secondary N) is 2. The summed E-state index contributed by atoms with van der Waals surface area (Å²) in [7, 11) is -3.55. The first kappa shape index (κ1) is 24.5. The maximum absolute atomic E-state index is 13.1. The number of amides is 1. The number of sulfonamides is 1. The number of benzene rings is 1. The Morgan fingerprint density at radius 1 is 1.14 bits per heavy atom. The molecule has 1 saturated carbocycles. The molecular formula is C24H32N6O3S2. The molecule has 2 fully saturated rings. The van der Waals surface area contributed by atoms with Crippen molar-refractivity contribution < 1.29 is 13.2 Å². The van der Waals surface area contributed by atoms with Crippen molar-refractivity contribution in [3.63, 3.8) is 0 Å². The Hall–Kier alpha value is -2.24. The molecule has 1 amide bonds. The van der Waals surface area contributed by atoms with Crippen LogP contribution >= 0.6 is 11.8 Å². The van der Waals surface area contributed by atoms with Crippen LogP contribution in [-0.2, 0) is 14.8 Å². The van der Waals surface area contributed by atoms with Crippen LogP contribution in [0.1, 0.15) is 64.7 Å². The van der Waals surface area contributed by atoms with Gasteiger partial charge in [-0.1, -0.05) is 44.4 Å². The van der Waals surface area contributed by atoms with Gasteiger partial charge in [-0.3, -0.25) is 4.79 Å². The maximum atomic E-state index is 13.1. The van der Waals surface area contributed by atoms with Crippen LogP contribution in [0.2, 0.25) is 0 Å². The first-order valence-corrected chi connectivity index (χ1v) is 14.9. The van der Waals surface area contributed by atoms with Gasteiger partial charge in [-0.15, -0.1) is 10.2 Å². The number of nitrogens with zero attached hydrogens (tertiary/aromatic N) is 4. The zero-order valence-electron chi connectivity index (χ0n) is 20.0. The molecule has 1 aliphatic heterocycles. The Morgan fingerprint density at radius 3 is 2.63 bits per heavy atom. The summed E-state index contributed by atoms with van der Waals surface area (Å²) >= 11 is 1.32. The van der Waals surface area contributed by atoms with Gasteiger partial charge in [0.25, 0.3) is 0 Å². The second-order valence-corrected chi connectivity index (χ2v) is 12.6. The highest BCUT2D eigenvalue weighted by Gasteiger charge is 2.27. The van der Waals surface area contributed by atoms with E-state index in [0.29, 0.717) is 41.2 Å². The van der Waals surface area contributed by atoms with Gasteiger partial charge in [0.1, 0.15) is 5.52 Å². The SMILES string of the molecule is CCC(Sc1nnc2c(n1)[nH]c1ccc(S(=O)(=O)N3CCCCC3)cc12)C(=O)NC1CCCCC1. The van der Waals surface area contributed by atoms with Crippen LogP contribution in [0.15, 0.2) is 28.3 Å². The highest BCUT2D eigenvalue weighted by Crippen LogP contribution is 2.30. The number of hydrogen-bond donors (Lipinski definition) is 2. The zero-order chi connectivity index (χ0) is 24.4. The van der Waals surface area contributed by atoms with Crippen LogP contribution in [0.25, 0.3) is 22.1 Å². The summed E-state index contributed by atoms with van der Waals surface area (Å²) in [5, 5.41) is 12.6. The van der Waals surface area contributed by atoms with Gasteiger partial charge in [-0.25, -0.2) is 13.4 Å². The molecule has 1 aromatic carbocycles. The van der Waals surface area contributed by atoms with Crippen molar-refractivity contribution in [1.29, 1.82) is 0 Å². The van der Waals surface area contributed by atoms with Gasteiger partial charge in [0, 0.05) is 30.0 Å². The highest BCUT2D eigenvalue weighted by molar-refractivity contribution is 8.00. The number of aromatic amines is 1. The lowest BCUT2D eigenvalue weighted by molar-refractivity contribution is -0.121. The molecule has 0 bridgehead atoms. The van der Waals surface area contributed by atoms with E-state index in [1.54, 1.807) is 22.5 Å². The van der Waals surface area contributed by atoms with E-state index in [-0.39, 0.29) is 22.1 Å². The van der Waals surface area contributed by atoms with E-state index in [9.17, 15) is 13.2 Å². The number of thioether (sulfide) groups is 1. The van der Waals surface area contributed by atoms with Gasteiger partial charge in [0.05, 0.1) is 10.1 Å². The molecule has 35 heavy (non-hydrogen) atoms. The normalized spacial score (nSPS) is 19.2. The highest BCUT2D eigenvalue weighted by atomic mass is 32.2. The Morgan fingerprint density at radius 2 is 1.89 bits per heavy atom. The van der Waals surface area contributed by atoms with Gasteiger partial charge in [-0.2, -0.15) is 4.31 Å². The average Bonchev–Trinajstić information content (AvgIpc) is 3.25. The van der Waals surface area contributed by atoms with Crippen LogP contribution in [0.3, 0.4) is 0 Å². The minimum atomic E-state index is -3.55. The molecule has 1 unspecified atom stereocenters. The number of rotatable bonds is 7. The third-order valence-corrected chi connectivity index (χ3v) is 10.1. The summed E-state index contributed by atoms with van der Waals surface area (Å²) in [5.74, 6) is 0.0253. The van der Waals surface area contributed by atoms with E-state index in [4.69, 9.17) is 0 Å². The molecule has 2 aliphatic rings. The standard InChI is InChI=1S/C24H32N6O3S2/c1-2-20(23(31)25-16-9-5-3-6-10-16)34-24-27-22-21(28-29-24)18-15-17(11-12-19(18)26-22)35(32,33)30-13-7-4-8-14-30/h11-12,15-16,20H,2-10,13-14H2,1H3,(H,25,31)(H,26,27,29). The zero-order valence-corrected chi connectivity index (χ0v) is 21.6. The molecule has 11 heteroatoms. The molecule has 3 aromatic rings. The third kappa shape index (κ3) is 5.17. The molecular weight excluding hydrogens is 484 g/mol. The number of carbonyl (C=O) groups is 1. The first-order valence-electron chi connectivity index (χ1n) is 12.6. The smallest absolute Gasteiger partial charge is 0.243 e. The largest absolute Gasteiger partial charge is 0.352 e. The number of hydrogen-bond acceptors (Lipinski definition) is 7. The number of H-pyrrole nitrogens is 1. The second-order valence-electron chi connectivity index (χ2n) is 9.45. The fraction of sp³-hybridized carbons (Fsp3) is 0.583. The summed E-state index contributed by atoms with van der Waals surface area (Å²) in [6, 6.07) is 5.31. The van der Waals surface area contributed by atoms with E-state index in [0.717, 1.165) is 37.6 Å². The molecule has 0 radical (unpaired) electrons. The fourth-order valence-corrected chi connectivity index (χ4v) is 7.36. The van der Waals surface area contributed by atoms with Crippen molar-refractivity contribution in [1.82, 2.24) is 29.8 Å². The lowest BCUT2D eigenvalue weighted by Crippen LogP contribution is -2.41. The van der Waals surface area contributed by atoms with Crippen molar-refractivity contribution in [3.05, 3.63) is 18.2 Å². The van der Waals surface area contributed by atoms with Crippen molar-refractivity contribution in [2.75, 3.05) is 13.1 Å². The molecule has 1 aliphatic carbocycles. The summed E-state index contributed by atoms with van der Waals surface area (Å²) in [6.45, 7) is 3.10. The van der Waals surface area contributed by atoms with E-state index < -0.39 is 10.0 Å². The lowest BCUT2D eigenvalue weighted by atomic mass is 9.95. The van der Waals surface area contributed by atoms with Crippen molar-refractivity contribution in [2.45, 2.75) is 86.1 Å². The van der Waals surface area contributed by atoms with E-state index in [1.807, 2.05) is 6.92 Å². The molecule has 2 N–H and O–H groups in total. The predicted molar refractivity (Wildman–Crippen MR) is 137 cm³/mol. The molecule has 2 aromatic heterocycles. The van der Waals surface area contributed by atoms with Gasteiger partial charge >= 0.3 is 0 Å². The fourth-order valence-electron chi connectivity index (χ4n) is 4.99. The average molecular weight is 517 g/mol. The minimum absolute atomic E-state index is 0.0253. The summed E-state index contributed by atoms with van der Waals surface area (Å²) in [6.07, 6.45) is 9.17. The molecule has 5 rings (SSSR count). The number of carbonyl (C=O) groups excluding carboxylic acids is 1. The summed E-state index contributed by atoms with van der Waals surface area (Å²) in [5.41, 5.74) is 1.82. The summed E-state index contributed by atoms with van der Waals surface area (Å²) in [4.78, 5) is 20.9. The molecule has 9 nitrogen and oxygen atoms in total. The monoisotopic (exact) mass is 516 g/mol. The van der Waals surface area contributed by atoms with E-state index in [1.165, 1.54) is 31.0 Å². The number of fused-ring (bicyclic) bond motifs is 3. The molecule has 3 heterocycles. The molecule has 0 spiro atoms. The quantitative estimate of drug-likeness (QED) is 0.455. The topological polar surface area (TPSA) is 121 Å². The molecule has 188 valence electrons. The van der Waals surface area contributed by atoms with Crippen LogP contribution < -0.4 is 5.32 Å². The van der Waals surface area contributed by atoms with Gasteiger partial charge < -0.3 is 10.3 Å². The van der Waals surface area contributed by atoms with E-state index in [2.05, 4.69) is 25.5 Å². The number of piperidine rings is 1. The lowest BCUT2D eigenvalue weighted by Gasteiger charge is -2.25. The van der Waals surface area contributed by atoms with Gasteiger partial charge in [-0.05, 0) is 50.3 Å². The third-order valence-electron chi connectivity index (χ3n) is 6.98.